The van der Waals surface area contributed by atoms with Crippen molar-refractivity contribution >= 4 is 0 Å². The minimum atomic E-state index is 0.357. The number of aromatic hydroxyl groups is 1. The molecule has 0 aliphatic heterocycles. The predicted molar refractivity (Wildman–Crippen MR) is 59.4 cm³/mol. The summed E-state index contributed by atoms with van der Waals surface area (Å²) < 4.78 is 0.941. The lowest BCUT2D eigenvalue weighted by atomic mass is 10.00. The molecule has 0 spiro atoms. The van der Waals surface area contributed by atoms with Crippen LogP contribution in [0.1, 0.15) is 18.4 Å². The molecule has 1 unspecified atom stereocenters. The molecule has 0 radical (unpaired) electrons. The van der Waals surface area contributed by atoms with Gasteiger partial charge >= 0.3 is 0 Å². The minimum absolute atomic E-state index is 0.357. The molecule has 0 heterocycles. The number of hydrogen-bond donors (Lipinski definition) is 1. The van der Waals surface area contributed by atoms with Gasteiger partial charge in [0.2, 0.25) is 0 Å². The summed E-state index contributed by atoms with van der Waals surface area (Å²) in [7, 11) is 6.54. The first-order valence-electron chi connectivity index (χ1n) is 4.98. The second-order valence-electron chi connectivity index (χ2n) is 4.97. The number of rotatable bonds is 3. The van der Waals surface area contributed by atoms with Gasteiger partial charge in [0.15, 0.2) is 0 Å². The van der Waals surface area contributed by atoms with E-state index in [1.165, 1.54) is 5.56 Å². The van der Waals surface area contributed by atoms with Gasteiger partial charge in [0.1, 0.15) is 5.75 Å². The van der Waals surface area contributed by atoms with Crippen LogP contribution in [0.15, 0.2) is 24.3 Å². The number of phenols is 1. The van der Waals surface area contributed by atoms with Crippen molar-refractivity contribution in [3.8, 4) is 5.75 Å². The third-order valence-electron chi connectivity index (χ3n) is 2.26. The topological polar surface area (TPSA) is 20.2 Å². The fourth-order valence-corrected chi connectivity index (χ4v) is 1.76. The van der Waals surface area contributed by atoms with Crippen LogP contribution in [0, 0.1) is 0 Å². The van der Waals surface area contributed by atoms with Crippen molar-refractivity contribution in [1.29, 1.82) is 0 Å². The van der Waals surface area contributed by atoms with Gasteiger partial charge in [0.25, 0.3) is 0 Å². The fraction of sp³-hybridized carbons (Fsp3) is 0.500. The van der Waals surface area contributed by atoms with Crippen molar-refractivity contribution in [2.45, 2.75) is 12.8 Å². The lowest BCUT2D eigenvalue weighted by Crippen LogP contribution is -2.37. The Morgan fingerprint density at radius 1 is 1.29 bits per heavy atom. The van der Waals surface area contributed by atoms with Gasteiger partial charge in [-0.05, 0) is 17.7 Å². The van der Waals surface area contributed by atoms with Crippen molar-refractivity contribution in [3.63, 3.8) is 0 Å². The molecule has 0 aromatic heterocycles. The first-order chi connectivity index (χ1) is 6.38. The van der Waals surface area contributed by atoms with Crippen LogP contribution in [0.5, 0.6) is 5.75 Å². The molecule has 0 saturated carbocycles. The molecule has 1 atom stereocenters. The van der Waals surface area contributed by atoms with E-state index in [4.69, 9.17) is 0 Å². The summed E-state index contributed by atoms with van der Waals surface area (Å²) >= 11 is 0. The Hall–Kier alpha value is -1.02. The fourth-order valence-electron chi connectivity index (χ4n) is 1.76. The summed E-state index contributed by atoms with van der Waals surface area (Å²) in [5.74, 6) is 0.831. The zero-order valence-electron chi connectivity index (χ0n) is 9.49. The van der Waals surface area contributed by atoms with E-state index in [-0.39, 0.29) is 0 Å². The summed E-state index contributed by atoms with van der Waals surface area (Å²) in [6, 6.07) is 7.53. The number of quaternary nitrogens is 1. The lowest BCUT2D eigenvalue weighted by Gasteiger charge is -2.27. The Balaban J connectivity index is 2.74. The first-order valence-corrected chi connectivity index (χ1v) is 4.98. The Labute approximate surface area is 86.4 Å². The number of hydrogen-bond acceptors (Lipinski definition) is 1. The molecular formula is C12H20NO+. The quantitative estimate of drug-likeness (QED) is 0.731. The number of benzene rings is 1. The molecule has 1 rings (SSSR count). The van der Waals surface area contributed by atoms with Gasteiger partial charge in [0.05, 0.1) is 27.7 Å². The molecule has 0 bridgehead atoms. The monoisotopic (exact) mass is 194 g/mol. The standard InChI is InChI=1S/C12H19NO/c1-10(9-13(2,3)4)11-6-5-7-12(14)8-11/h5-8,10H,9H2,1-4H3/p+1. The molecule has 0 saturated heterocycles. The summed E-state index contributed by atoms with van der Waals surface area (Å²) in [4.78, 5) is 0. The van der Waals surface area contributed by atoms with E-state index in [0.29, 0.717) is 11.7 Å². The third kappa shape index (κ3) is 3.38. The molecule has 2 nitrogen and oxygen atoms in total. The maximum Gasteiger partial charge on any atom is 0.115 e. The van der Waals surface area contributed by atoms with Crippen LogP contribution >= 0.6 is 0 Å². The number of nitrogens with zero attached hydrogens (tertiary/aromatic N) is 1. The van der Waals surface area contributed by atoms with Gasteiger partial charge in [0, 0.05) is 5.92 Å². The van der Waals surface area contributed by atoms with Crippen LogP contribution in [0.4, 0.5) is 0 Å². The van der Waals surface area contributed by atoms with E-state index in [1.807, 2.05) is 12.1 Å². The minimum Gasteiger partial charge on any atom is -0.508 e. The highest BCUT2D eigenvalue weighted by Crippen LogP contribution is 2.21. The molecule has 78 valence electrons. The van der Waals surface area contributed by atoms with Gasteiger partial charge in [-0.15, -0.1) is 0 Å². The highest BCUT2D eigenvalue weighted by molar-refractivity contribution is 5.29. The summed E-state index contributed by atoms with van der Waals surface area (Å²) in [6.07, 6.45) is 0. The van der Waals surface area contributed by atoms with E-state index < -0.39 is 0 Å². The normalized spacial score (nSPS) is 14.0. The zero-order chi connectivity index (χ0) is 10.8. The van der Waals surface area contributed by atoms with Gasteiger partial charge in [-0.1, -0.05) is 19.1 Å². The van der Waals surface area contributed by atoms with Gasteiger partial charge < -0.3 is 9.59 Å². The van der Waals surface area contributed by atoms with Crippen molar-refractivity contribution in [2.75, 3.05) is 27.7 Å². The van der Waals surface area contributed by atoms with Gasteiger partial charge in [-0.3, -0.25) is 0 Å². The second kappa shape index (κ2) is 4.01. The van der Waals surface area contributed by atoms with E-state index in [0.717, 1.165) is 11.0 Å². The van der Waals surface area contributed by atoms with Crippen molar-refractivity contribution in [1.82, 2.24) is 0 Å². The predicted octanol–water partition coefficient (Wildman–Crippen LogP) is 2.20. The Kier molecular flexibility index (Phi) is 3.17. The molecule has 1 N–H and O–H groups in total. The summed E-state index contributed by atoms with van der Waals surface area (Å²) in [6.45, 7) is 3.27. The van der Waals surface area contributed by atoms with E-state index in [9.17, 15) is 5.11 Å². The maximum atomic E-state index is 9.36. The number of phenolic OH excluding ortho intramolecular Hbond substituents is 1. The SMILES string of the molecule is CC(C[N+](C)(C)C)c1cccc(O)c1. The molecule has 0 fully saturated rings. The van der Waals surface area contributed by atoms with Gasteiger partial charge in [-0.2, -0.15) is 0 Å². The zero-order valence-corrected chi connectivity index (χ0v) is 9.49. The molecule has 2 heteroatoms. The van der Waals surface area contributed by atoms with Crippen molar-refractivity contribution in [3.05, 3.63) is 29.8 Å². The molecule has 0 aliphatic rings. The van der Waals surface area contributed by atoms with Crippen LogP contribution in [0.3, 0.4) is 0 Å². The smallest absolute Gasteiger partial charge is 0.115 e. The van der Waals surface area contributed by atoms with Crippen LogP contribution < -0.4 is 0 Å². The van der Waals surface area contributed by atoms with Crippen molar-refractivity contribution < 1.29 is 9.59 Å². The summed E-state index contributed by atoms with van der Waals surface area (Å²) in [5.41, 5.74) is 1.21. The Morgan fingerprint density at radius 2 is 1.93 bits per heavy atom. The van der Waals surface area contributed by atoms with Crippen LogP contribution in [-0.4, -0.2) is 37.3 Å². The average Bonchev–Trinajstić information content (AvgIpc) is 2.01. The molecular weight excluding hydrogens is 174 g/mol. The third-order valence-corrected chi connectivity index (χ3v) is 2.26. The highest BCUT2D eigenvalue weighted by atomic mass is 16.3. The maximum absolute atomic E-state index is 9.36. The molecule has 1 aromatic carbocycles. The molecule has 14 heavy (non-hydrogen) atoms. The highest BCUT2D eigenvalue weighted by Gasteiger charge is 2.15. The van der Waals surface area contributed by atoms with E-state index in [2.05, 4.69) is 34.1 Å². The molecule has 1 aromatic rings. The summed E-state index contributed by atoms with van der Waals surface area (Å²) in [5, 5.41) is 9.36. The van der Waals surface area contributed by atoms with Crippen molar-refractivity contribution in [2.24, 2.45) is 0 Å². The van der Waals surface area contributed by atoms with Gasteiger partial charge in [-0.25, -0.2) is 0 Å². The molecule has 0 aliphatic carbocycles. The van der Waals surface area contributed by atoms with Crippen LogP contribution in [-0.2, 0) is 0 Å². The Bertz CT molecular complexity index is 301. The van der Waals surface area contributed by atoms with E-state index >= 15 is 0 Å². The Morgan fingerprint density at radius 3 is 2.43 bits per heavy atom. The first kappa shape index (κ1) is 11.1. The van der Waals surface area contributed by atoms with Crippen LogP contribution in [0.25, 0.3) is 0 Å². The lowest BCUT2D eigenvalue weighted by molar-refractivity contribution is -0.871. The second-order valence-corrected chi connectivity index (χ2v) is 4.97. The van der Waals surface area contributed by atoms with Crippen LogP contribution in [0.2, 0.25) is 0 Å². The largest absolute Gasteiger partial charge is 0.508 e. The average molecular weight is 194 g/mol. The number of likely N-dealkylation sites (N-methyl/N-ethyl adjacent to an activating group) is 1. The van der Waals surface area contributed by atoms with E-state index in [1.54, 1.807) is 6.07 Å². The molecule has 0 amide bonds.